The number of nitrogens with two attached hydrogens (primary N) is 1. The first-order valence-electron chi connectivity index (χ1n) is 11.6. The largest absolute Gasteiger partial charge is 0.490 e. The Hall–Kier alpha value is -4.39. The number of nitrogens with one attached hydrogen (secondary N) is 1. The Balaban J connectivity index is 1.62. The number of aromatic nitrogens is 2. The molecule has 0 unspecified atom stereocenters. The number of nitrogens with zero attached hydrogens (tertiary/aromatic N) is 2. The van der Waals surface area contributed by atoms with Crippen molar-refractivity contribution in [1.29, 1.82) is 0 Å². The van der Waals surface area contributed by atoms with Crippen LogP contribution in [-0.4, -0.2) is 27.3 Å². The summed E-state index contributed by atoms with van der Waals surface area (Å²) in [4.78, 5) is 28.5. The van der Waals surface area contributed by atoms with Crippen molar-refractivity contribution in [3.63, 3.8) is 0 Å². The Morgan fingerprint density at radius 1 is 1.06 bits per heavy atom. The van der Waals surface area contributed by atoms with Crippen molar-refractivity contribution in [2.45, 2.75) is 31.8 Å². The van der Waals surface area contributed by atoms with E-state index in [9.17, 15) is 9.59 Å². The predicted octanol–water partition coefficient (Wildman–Crippen LogP) is 5.21. The lowest BCUT2D eigenvalue weighted by Gasteiger charge is -2.14. The third-order valence-electron chi connectivity index (χ3n) is 6.35. The monoisotopic (exact) mass is 466 g/mol. The molecule has 0 aliphatic heterocycles. The van der Waals surface area contributed by atoms with E-state index in [-0.39, 0.29) is 12.0 Å². The maximum atomic E-state index is 12.7. The minimum Gasteiger partial charge on any atom is -0.490 e. The van der Waals surface area contributed by atoms with E-state index >= 15 is 0 Å². The highest BCUT2D eigenvalue weighted by atomic mass is 16.5. The molecule has 7 heteroatoms. The topological polar surface area (TPSA) is 98.7 Å². The molecule has 3 N–H and O–H groups in total. The van der Waals surface area contributed by atoms with Crippen LogP contribution in [0, 0.1) is 0 Å². The molecule has 4 aromatic rings. The Kier molecular flexibility index (Phi) is 6.06. The Morgan fingerprint density at radius 2 is 1.74 bits per heavy atom. The minimum absolute atomic E-state index is 0.265. The van der Waals surface area contributed by atoms with Crippen LogP contribution in [0.25, 0.3) is 27.9 Å². The van der Waals surface area contributed by atoms with Crippen LogP contribution in [0.4, 0.5) is 5.69 Å². The van der Waals surface area contributed by atoms with Crippen molar-refractivity contribution in [1.82, 2.24) is 9.38 Å². The van der Waals surface area contributed by atoms with Crippen LogP contribution in [-0.2, 0) is 4.79 Å². The van der Waals surface area contributed by atoms with Crippen LogP contribution in [0.3, 0.4) is 0 Å². The number of carbonyl (C=O) groups is 2. The molecule has 2 amide bonds. The van der Waals surface area contributed by atoms with Gasteiger partial charge >= 0.3 is 0 Å². The second-order valence-electron chi connectivity index (χ2n) is 8.61. The fourth-order valence-electron chi connectivity index (χ4n) is 4.73. The van der Waals surface area contributed by atoms with Gasteiger partial charge in [0, 0.05) is 23.6 Å². The lowest BCUT2D eigenvalue weighted by Crippen LogP contribution is -2.12. The summed E-state index contributed by atoms with van der Waals surface area (Å²) >= 11 is 0. The molecule has 5 rings (SSSR count). The van der Waals surface area contributed by atoms with E-state index < -0.39 is 5.91 Å². The molecule has 1 fully saturated rings. The van der Waals surface area contributed by atoms with Gasteiger partial charge in [-0.25, -0.2) is 0 Å². The summed E-state index contributed by atoms with van der Waals surface area (Å²) in [6.07, 6.45) is 11.2. The van der Waals surface area contributed by atoms with Gasteiger partial charge in [-0.15, -0.1) is 0 Å². The number of benzene rings is 2. The van der Waals surface area contributed by atoms with E-state index in [0.29, 0.717) is 16.8 Å². The van der Waals surface area contributed by atoms with Gasteiger partial charge < -0.3 is 20.2 Å². The van der Waals surface area contributed by atoms with Crippen molar-refractivity contribution in [3.8, 4) is 28.1 Å². The van der Waals surface area contributed by atoms with Crippen LogP contribution < -0.4 is 15.8 Å². The van der Waals surface area contributed by atoms with E-state index in [1.54, 1.807) is 12.4 Å². The molecule has 0 radical (unpaired) electrons. The first kappa shape index (κ1) is 22.4. The summed E-state index contributed by atoms with van der Waals surface area (Å²) in [6.45, 7) is 3.48. The first-order chi connectivity index (χ1) is 17.0. The van der Waals surface area contributed by atoms with Crippen molar-refractivity contribution in [3.05, 3.63) is 85.3 Å². The quantitative estimate of drug-likeness (QED) is 0.365. The van der Waals surface area contributed by atoms with E-state index in [2.05, 4.69) is 16.9 Å². The molecule has 2 aromatic carbocycles. The standard InChI is InChI=1S/C28H26N4O3/c1-2-24(33)31-20-11-7-19(8-12-20)27-25(26(28(29)34)23-17-30-15-16-32(23)27)18-9-13-22(14-10-18)35-21-5-3-4-6-21/h2,7-17,21H,1,3-6H2,(H2,29,34)(H,31,33). The molecule has 0 atom stereocenters. The van der Waals surface area contributed by atoms with Gasteiger partial charge in [0.15, 0.2) is 0 Å². The highest BCUT2D eigenvalue weighted by Gasteiger charge is 2.24. The van der Waals surface area contributed by atoms with Crippen molar-refractivity contribution in [2.75, 3.05) is 5.32 Å². The third-order valence-corrected chi connectivity index (χ3v) is 6.35. The molecule has 2 aromatic heterocycles. The molecule has 1 aliphatic rings. The highest BCUT2D eigenvalue weighted by Crippen LogP contribution is 2.40. The van der Waals surface area contributed by atoms with Crippen LogP contribution in [0.2, 0.25) is 0 Å². The van der Waals surface area contributed by atoms with Crippen molar-refractivity contribution < 1.29 is 14.3 Å². The molecular formula is C28H26N4O3. The second kappa shape index (κ2) is 9.46. The summed E-state index contributed by atoms with van der Waals surface area (Å²) in [5, 5.41) is 2.75. The number of ether oxygens (including phenoxy) is 1. The maximum Gasteiger partial charge on any atom is 0.251 e. The minimum atomic E-state index is -0.530. The number of primary amides is 1. The molecule has 0 bridgehead atoms. The number of carbonyl (C=O) groups excluding carboxylic acids is 2. The molecule has 1 aliphatic carbocycles. The number of fused-ring (bicyclic) bond motifs is 1. The predicted molar refractivity (Wildman–Crippen MR) is 136 cm³/mol. The van der Waals surface area contributed by atoms with E-state index in [1.807, 2.05) is 59.1 Å². The van der Waals surface area contributed by atoms with Crippen LogP contribution in [0.1, 0.15) is 36.0 Å². The number of amides is 2. The maximum absolute atomic E-state index is 12.7. The van der Waals surface area contributed by atoms with Gasteiger partial charge in [-0.05, 0) is 67.2 Å². The average Bonchev–Trinajstić information content (AvgIpc) is 3.51. The highest BCUT2D eigenvalue weighted by molar-refractivity contribution is 6.10. The molecule has 0 spiro atoms. The lowest BCUT2D eigenvalue weighted by molar-refractivity contribution is -0.111. The van der Waals surface area contributed by atoms with Gasteiger partial charge in [0.2, 0.25) is 5.91 Å². The smallest absolute Gasteiger partial charge is 0.251 e. The summed E-state index contributed by atoms with van der Waals surface area (Å²) in [6, 6.07) is 15.2. The lowest BCUT2D eigenvalue weighted by atomic mass is 9.96. The fraction of sp³-hybridized carbons (Fsp3) is 0.179. The molecular weight excluding hydrogens is 440 g/mol. The van der Waals surface area contributed by atoms with Crippen molar-refractivity contribution >= 4 is 23.0 Å². The summed E-state index contributed by atoms with van der Waals surface area (Å²) in [5.41, 5.74) is 10.8. The van der Waals surface area contributed by atoms with Crippen LogP contribution in [0.5, 0.6) is 5.75 Å². The molecule has 7 nitrogen and oxygen atoms in total. The van der Waals surface area contributed by atoms with Crippen molar-refractivity contribution in [2.24, 2.45) is 5.73 Å². The number of hydrogen-bond donors (Lipinski definition) is 2. The summed E-state index contributed by atoms with van der Waals surface area (Å²) < 4.78 is 8.04. The Labute approximate surface area is 203 Å². The molecule has 1 saturated carbocycles. The Bertz CT molecular complexity index is 1400. The normalized spacial score (nSPS) is 13.6. The summed E-state index contributed by atoms with van der Waals surface area (Å²) in [5.74, 6) is 0.00189. The zero-order valence-corrected chi connectivity index (χ0v) is 19.2. The summed E-state index contributed by atoms with van der Waals surface area (Å²) in [7, 11) is 0. The number of hydrogen-bond acceptors (Lipinski definition) is 4. The average molecular weight is 467 g/mol. The fourth-order valence-corrected chi connectivity index (χ4v) is 4.73. The first-order valence-corrected chi connectivity index (χ1v) is 11.6. The van der Waals surface area contributed by atoms with Gasteiger partial charge in [-0.1, -0.05) is 30.8 Å². The van der Waals surface area contributed by atoms with Gasteiger partial charge in [-0.2, -0.15) is 0 Å². The molecule has 176 valence electrons. The van der Waals surface area contributed by atoms with Gasteiger partial charge in [0.25, 0.3) is 5.91 Å². The molecule has 35 heavy (non-hydrogen) atoms. The van der Waals surface area contributed by atoms with E-state index in [0.717, 1.165) is 41.0 Å². The number of rotatable bonds is 7. The van der Waals surface area contributed by atoms with Gasteiger partial charge in [-0.3, -0.25) is 14.6 Å². The Morgan fingerprint density at radius 3 is 2.40 bits per heavy atom. The zero-order valence-electron chi connectivity index (χ0n) is 19.2. The van der Waals surface area contributed by atoms with Crippen LogP contribution >= 0.6 is 0 Å². The second-order valence-corrected chi connectivity index (χ2v) is 8.61. The SMILES string of the molecule is C=CC(=O)Nc1ccc(-c2c(-c3ccc(OC4CCCC4)cc3)c(C(N)=O)c3cnccn23)cc1. The van der Waals surface area contributed by atoms with Gasteiger partial charge in [0.05, 0.1) is 29.1 Å². The van der Waals surface area contributed by atoms with Gasteiger partial charge in [0.1, 0.15) is 5.75 Å². The third kappa shape index (κ3) is 4.40. The molecule has 2 heterocycles. The van der Waals surface area contributed by atoms with Crippen LogP contribution in [0.15, 0.2) is 79.8 Å². The molecule has 0 saturated heterocycles. The number of anilines is 1. The zero-order chi connectivity index (χ0) is 24.4. The van der Waals surface area contributed by atoms with E-state index in [4.69, 9.17) is 10.5 Å². The van der Waals surface area contributed by atoms with E-state index in [1.165, 1.54) is 18.9 Å².